The molecule has 2 fully saturated rings. The molecule has 2 rings (SSSR count). The van der Waals surface area contributed by atoms with Gasteiger partial charge in [-0.1, -0.05) is 90.4 Å². The van der Waals surface area contributed by atoms with Crippen LogP contribution in [-0.4, -0.2) is 142 Å². The van der Waals surface area contributed by atoms with Gasteiger partial charge in [0, 0.05) is 13.5 Å². The number of hydrogen-bond donors (Lipinski definition) is 7. The lowest BCUT2D eigenvalue weighted by molar-refractivity contribution is -0.361. The molecule has 278 valence electrons. The number of aliphatic hydroxyl groups excluding tert-OH is 7. The van der Waals surface area contributed by atoms with Crippen LogP contribution in [0, 0.1) is 0 Å². The van der Waals surface area contributed by atoms with Crippen molar-refractivity contribution in [1.29, 1.82) is 0 Å². The highest BCUT2D eigenvalue weighted by Crippen LogP contribution is 2.30. The Bertz CT molecular complexity index is 805. The first-order chi connectivity index (χ1) is 22.6. The number of esters is 1. The number of hydrogen-bond acceptors (Lipinski definition) is 14. The van der Waals surface area contributed by atoms with Gasteiger partial charge in [0.1, 0.15) is 61.5 Å². The molecule has 47 heavy (non-hydrogen) atoms. The summed E-state index contributed by atoms with van der Waals surface area (Å²) in [6, 6.07) is 0. The van der Waals surface area contributed by atoms with Crippen molar-refractivity contribution in [3.8, 4) is 0 Å². The fourth-order valence-electron chi connectivity index (χ4n) is 5.74. The van der Waals surface area contributed by atoms with E-state index in [-0.39, 0.29) is 13.2 Å². The zero-order valence-corrected chi connectivity index (χ0v) is 28.3. The van der Waals surface area contributed by atoms with E-state index in [1.165, 1.54) is 70.6 Å². The van der Waals surface area contributed by atoms with Crippen LogP contribution in [0.2, 0.25) is 0 Å². The third kappa shape index (κ3) is 15.6. The Kier molecular flexibility index (Phi) is 21.7. The quantitative estimate of drug-likeness (QED) is 0.0530. The number of carbonyl (C=O) groups excluding carboxylic acids is 1. The molecule has 0 aromatic carbocycles. The van der Waals surface area contributed by atoms with Crippen LogP contribution in [0.3, 0.4) is 0 Å². The molecular formula is C33H62O14. The summed E-state index contributed by atoms with van der Waals surface area (Å²) in [7, 11) is 0. The summed E-state index contributed by atoms with van der Waals surface area (Å²) in [6.07, 6.45) is 0.911. The summed E-state index contributed by atoms with van der Waals surface area (Å²) in [6.45, 7) is 2.45. The molecule has 11 atom stereocenters. The van der Waals surface area contributed by atoms with Crippen LogP contribution in [0.1, 0.15) is 104 Å². The van der Waals surface area contributed by atoms with Gasteiger partial charge in [0.15, 0.2) is 12.6 Å². The topological polar surface area (TPSA) is 214 Å². The van der Waals surface area contributed by atoms with E-state index in [1.54, 1.807) is 0 Å². The van der Waals surface area contributed by atoms with Crippen molar-refractivity contribution in [3.63, 3.8) is 0 Å². The normalized spacial score (nSPS) is 31.9. The maximum absolute atomic E-state index is 11.2. The Balaban J connectivity index is 1.66. The van der Waals surface area contributed by atoms with E-state index in [4.69, 9.17) is 28.4 Å². The van der Waals surface area contributed by atoms with Crippen LogP contribution in [0.5, 0.6) is 0 Å². The molecule has 0 saturated carbocycles. The van der Waals surface area contributed by atoms with Crippen molar-refractivity contribution >= 4 is 5.97 Å². The average Bonchev–Trinajstić information content (AvgIpc) is 3.05. The van der Waals surface area contributed by atoms with Gasteiger partial charge >= 0.3 is 5.97 Å². The molecular weight excluding hydrogens is 620 g/mol. The molecule has 2 aliphatic rings. The number of ether oxygens (including phenoxy) is 6. The van der Waals surface area contributed by atoms with Crippen LogP contribution >= 0.6 is 0 Å². The van der Waals surface area contributed by atoms with E-state index in [9.17, 15) is 40.5 Å². The van der Waals surface area contributed by atoms with E-state index >= 15 is 0 Å². The van der Waals surface area contributed by atoms with Gasteiger partial charge in [0.2, 0.25) is 0 Å². The maximum Gasteiger partial charge on any atom is 0.302 e. The van der Waals surface area contributed by atoms with Crippen LogP contribution in [-0.2, 0) is 33.2 Å². The second-order valence-corrected chi connectivity index (χ2v) is 12.8. The molecule has 2 heterocycles. The Hall–Kier alpha value is -1.01. The predicted molar refractivity (Wildman–Crippen MR) is 169 cm³/mol. The van der Waals surface area contributed by atoms with Gasteiger partial charge in [0.25, 0.3) is 0 Å². The molecule has 0 aromatic rings. The minimum Gasteiger partial charge on any atom is -0.463 e. The van der Waals surface area contributed by atoms with E-state index in [0.717, 1.165) is 26.2 Å². The van der Waals surface area contributed by atoms with Crippen LogP contribution in [0.4, 0.5) is 0 Å². The molecule has 14 heteroatoms. The molecule has 0 spiro atoms. The smallest absolute Gasteiger partial charge is 0.302 e. The van der Waals surface area contributed by atoms with Gasteiger partial charge < -0.3 is 64.2 Å². The summed E-state index contributed by atoms with van der Waals surface area (Å²) in [5.74, 6) is -0.665. The van der Waals surface area contributed by atoms with Crippen molar-refractivity contribution < 1.29 is 69.0 Å². The van der Waals surface area contributed by atoms with Gasteiger partial charge in [-0.2, -0.15) is 0 Å². The molecule has 0 aliphatic carbocycles. The first-order valence-electron chi connectivity index (χ1n) is 17.6. The molecule has 2 aliphatic heterocycles. The van der Waals surface area contributed by atoms with Crippen LogP contribution in [0.15, 0.2) is 0 Å². The van der Waals surface area contributed by atoms with Gasteiger partial charge in [0.05, 0.1) is 19.8 Å². The highest BCUT2D eigenvalue weighted by Gasteiger charge is 2.51. The Morgan fingerprint density at radius 1 is 0.681 bits per heavy atom. The monoisotopic (exact) mass is 682 g/mol. The van der Waals surface area contributed by atoms with Gasteiger partial charge in [-0.05, 0) is 6.42 Å². The third-order valence-electron chi connectivity index (χ3n) is 8.64. The van der Waals surface area contributed by atoms with Crippen molar-refractivity contribution in [2.75, 3.05) is 33.0 Å². The van der Waals surface area contributed by atoms with E-state index in [0.29, 0.717) is 6.61 Å². The van der Waals surface area contributed by atoms with Crippen LogP contribution < -0.4 is 0 Å². The van der Waals surface area contributed by atoms with Gasteiger partial charge in [-0.25, -0.2) is 0 Å². The minimum absolute atomic E-state index is 0.000709. The molecule has 0 bridgehead atoms. The molecule has 0 aromatic heterocycles. The molecule has 1 unspecified atom stereocenters. The van der Waals surface area contributed by atoms with E-state index in [1.807, 2.05) is 0 Å². The maximum atomic E-state index is 11.2. The Labute approximate surface area is 279 Å². The fraction of sp³-hybridized carbons (Fsp3) is 0.970. The number of rotatable bonds is 25. The predicted octanol–water partition coefficient (Wildman–Crippen LogP) is 1.06. The largest absolute Gasteiger partial charge is 0.463 e. The average molecular weight is 683 g/mol. The standard InChI is InChI=1S/C33H62O14/c1-3-4-5-6-7-8-9-10-11-12-13-14-15-16-17-42-19-23(36)20-44-32-30(41)31(27(38)24(18-34)45-32)47-33-29(40)28(39)26(37)25(46-33)21-43-22(2)35/h23-34,36-41H,3-21H2,1-2H3/t23?,24-,25-,26-,27-,28+,29-,30+,31+,32+,33-/m1/s1. The van der Waals surface area contributed by atoms with Gasteiger partial charge in [-0.15, -0.1) is 0 Å². The van der Waals surface area contributed by atoms with Crippen molar-refractivity contribution in [1.82, 2.24) is 0 Å². The van der Waals surface area contributed by atoms with Crippen molar-refractivity contribution in [3.05, 3.63) is 0 Å². The molecule has 14 nitrogen and oxygen atoms in total. The summed E-state index contributed by atoms with van der Waals surface area (Å²) in [5, 5.41) is 72.5. The summed E-state index contributed by atoms with van der Waals surface area (Å²) < 4.78 is 32.5. The lowest BCUT2D eigenvalue weighted by atomic mass is 9.97. The first kappa shape index (κ1) is 42.2. The second-order valence-electron chi connectivity index (χ2n) is 12.8. The summed E-state index contributed by atoms with van der Waals surface area (Å²) in [4.78, 5) is 11.2. The zero-order chi connectivity index (χ0) is 34.6. The minimum atomic E-state index is -1.80. The van der Waals surface area contributed by atoms with Crippen molar-refractivity contribution in [2.24, 2.45) is 0 Å². The highest BCUT2D eigenvalue weighted by molar-refractivity contribution is 5.65. The number of carbonyl (C=O) groups is 1. The van der Waals surface area contributed by atoms with Crippen molar-refractivity contribution in [2.45, 2.75) is 171 Å². The third-order valence-corrected chi connectivity index (χ3v) is 8.64. The first-order valence-corrected chi connectivity index (χ1v) is 17.6. The molecule has 0 amide bonds. The second kappa shape index (κ2) is 24.2. The number of unbranched alkanes of at least 4 members (excludes halogenated alkanes) is 13. The summed E-state index contributed by atoms with van der Waals surface area (Å²) in [5.41, 5.74) is 0. The van der Waals surface area contributed by atoms with Crippen LogP contribution in [0.25, 0.3) is 0 Å². The molecule has 7 N–H and O–H groups in total. The fourth-order valence-corrected chi connectivity index (χ4v) is 5.74. The summed E-state index contributed by atoms with van der Waals surface area (Å²) >= 11 is 0. The molecule has 2 saturated heterocycles. The highest BCUT2D eigenvalue weighted by atomic mass is 16.7. The molecule has 0 radical (unpaired) electrons. The number of aliphatic hydroxyl groups is 7. The lowest BCUT2D eigenvalue weighted by Gasteiger charge is -2.46. The lowest BCUT2D eigenvalue weighted by Crippen LogP contribution is -2.65. The Morgan fingerprint density at radius 2 is 1.23 bits per heavy atom. The SMILES string of the molecule is CCCCCCCCCCCCCCCCOCC(O)CO[C@H]1O[C@H](CO)[C@@H](O)[C@H](O[C@H]2O[C@H](COC(C)=O)[C@@H](O)[C@H](O)[C@H]2O)[C@@H]1O. The zero-order valence-electron chi connectivity index (χ0n) is 28.3. The Morgan fingerprint density at radius 3 is 1.79 bits per heavy atom. The van der Waals surface area contributed by atoms with E-state index < -0.39 is 86.7 Å². The van der Waals surface area contributed by atoms with Gasteiger partial charge in [-0.3, -0.25) is 4.79 Å². The van der Waals surface area contributed by atoms with E-state index in [2.05, 4.69) is 6.92 Å².